The van der Waals surface area contributed by atoms with E-state index in [9.17, 15) is 4.79 Å². The fraction of sp³-hybridized carbons (Fsp3) is 0.167. The minimum atomic E-state index is -0.464. The Hall–Kier alpha value is -2.93. The summed E-state index contributed by atoms with van der Waals surface area (Å²) in [6.07, 6.45) is 1.62. The highest BCUT2D eigenvalue weighted by atomic mass is 35.5. The first-order chi connectivity index (χ1) is 15.8. The van der Waals surface area contributed by atoms with Gasteiger partial charge in [0.2, 0.25) is 0 Å². The zero-order valence-corrected chi connectivity index (χ0v) is 20.1. The summed E-state index contributed by atoms with van der Waals surface area (Å²) >= 11 is 18.3. The zero-order chi connectivity index (χ0) is 23.5. The summed E-state index contributed by atoms with van der Waals surface area (Å²) in [7, 11) is 0. The van der Waals surface area contributed by atoms with Crippen LogP contribution in [0.2, 0.25) is 15.1 Å². The summed E-state index contributed by atoms with van der Waals surface area (Å²) in [5.74, 6) is 1.15. The van der Waals surface area contributed by atoms with Crippen LogP contribution in [0.1, 0.15) is 33.0 Å². The van der Waals surface area contributed by atoms with Gasteiger partial charge in [0.15, 0.2) is 11.6 Å². The van der Waals surface area contributed by atoms with Crippen LogP contribution in [0.3, 0.4) is 0 Å². The van der Waals surface area contributed by atoms with E-state index in [-0.39, 0.29) is 18.2 Å². The van der Waals surface area contributed by atoms with E-state index in [0.29, 0.717) is 27.4 Å². The fourth-order valence-corrected chi connectivity index (χ4v) is 3.61. The normalized spacial score (nSPS) is 10.9. The highest BCUT2D eigenvalue weighted by Crippen LogP contribution is 2.25. The molecule has 2 aromatic carbocycles. The number of carbonyl (C=O) groups is 1. The summed E-state index contributed by atoms with van der Waals surface area (Å²) in [4.78, 5) is 12.6. The van der Waals surface area contributed by atoms with Gasteiger partial charge in [-0.1, -0.05) is 46.9 Å². The van der Waals surface area contributed by atoms with Gasteiger partial charge in [-0.15, -0.1) is 0 Å². The average molecular weight is 505 g/mol. The maximum Gasteiger partial charge on any atom is 0.292 e. The number of anilines is 1. The Morgan fingerprint density at radius 1 is 1.00 bits per heavy atom. The molecule has 170 valence electrons. The van der Waals surface area contributed by atoms with Crippen molar-refractivity contribution in [1.29, 1.82) is 0 Å². The summed E-state index contributed by atoms with van der Waals surface area (Å²) in [5, 5.41) is 8.23. The number of hydrogen-bond donors (Lipinski definition) is 1. The monoisotopic (exact) mass is 503 g/mol. The lowest BCUT2D eigenvalue weighted by Gasteiger charge is -2.06. The lowest BCUT2D eigenvalue weighted by atomic mass is 10.1. The average Bonchev–Trinajstić information content (AvgIpc) is 3.38. The fourth-order valence-electron chi connectivity index (χ4n) is 3.09. The number of nitrogens with zero attached hydrogens (tertiary/aromatic N) is 2. The van der Waals surface area contributed by atoms with Gasteiger partial charge in [-0.3, -0.25) is 9.48 Å². The van der Waals surface area contributed by atoms with Gasteiger partial charge >= 0.3 is 0 Å². The number of carbonyl (C=O) groups excluding carboxylic acids is 1. The highest BCUT2D eigenvalue weighted by molar-refractivity contribution is 6.42. The predicted molar refractivity (Wildman–Crippen MR) is 130 cm³/mol. The van der Waals surface area contributed by atoms with Crippen molar-refractivity contribution in [3.8, 4) is 5.75 Å². The van der Waals surface area contributed by atoms with Gasteiger partial charge in [0.25, 0.3) is 5.91 Å². The van der Waals surface area contributed by atoms with Gasteiger partial charge in [-0.25, -0.2) is 0 Å². The Bertz CT molecular complexity index is 1310. The molecular formula is C24H20Cl3N3O3. The summed E-state index contributed by atoms with van der Waals surface area (Å²) in [5.41, 5.74) is 3.22. The number of nitrogens with one attached hydrogen (secondary N) is 1. The maximum atomic E-state index is 12.6. The van der Waals surface area contributed by atoms with E-state index in [4.69, 9.17) is 44.0 Å². The number of aromatic nitrogens is 2. The van der Waals surface area contributed by atoms with E-state index in [0.717, 1.165) is 16.9 Å². The van der Waals surface area contributed by atoms with Crippen LogP contribution in [0.15, 0.2) is 59.1 Å². The molecule has 9 heteroatoms. The summed E-state index contributed by atoms with van der Waals surface area (Å²) < 4.78 is 13.0. The largest absolute Gasteiger partial charge is 0.486 e. The quantitative estimate of drug-likeness (QED) is 0.296. The molecule has 0 atom stereocenters. The Morgan fingerprint density at radius 2 is 1.82 bits per heavy atom. The highest BCUT2D eigenvalue weighted by Gasteiger charge is 2.16. The summed E-state index contributed by atoms with van der Waals surface area (Å²) in [6.45, 7) is 4.68. The van der Waals surface area contributed by atoms with Crippen LogP contribution in [0.5, 0.6) is 5.75 Å². The van der Waals surface area contributed by atoms with Crippen LogP contribution in [-0.4, -0.2) is 15.7 Å². The third-order valence-electron chi connectivity index (χ3n) is 5.02. The van der Waals surface area contributed by atoms with E-state index in [1.54, 1.807) is 35.1 Å². The second-order valence-corrected chi connectivity index (χ2v) is 8.75. The van der Waals surface area contributed by atoms with Crippen molar-refractivity contribution in [2.24, 2.45) is 0 Å². The molecule has 1 N–H and O–H groups in total. The van der Waals surface area contributed by atoms with E-state index in [2.05, 4.69) is 10.4 Å². The first-order valence-corrected chi connectivity index (χ1v) is 11.2. The molecule has 4 rings (SSSR count). The first-order valence-electron chi connectivity index (χ1n) is 10.1. The minimum Gasteiger partial charge on any atom is -0.486 e. The number of amides is 1. The molecule has 0 saturated carbocycles. The molecule has 4 aromatic rings. The van der Waals surface area contributed by atoms with E-state index in [1.807, 2.05) is 38.1 Å². The molecule has 1 amide bonds. The summed E-state index contributed by atoms with van der Waals surface area (Å²) in [6, 6.07) is 14.4. The van der Waals surface area contributed by atoms with Crippen molar-refractivity contribution in [1.82, 2.24) is 9.78 Å². The minimum absolute atomic E-state index is 0.129. The van der Waals surface area contributed by atoms with Crippen LogP contribution < -0.4 is 10.1 Å². The Kier molecular flexibility index (Phi) is 6.98. The van der Waals surface area contributed by atoms with Crippen molar-refractivity contribution in [2.75, 3.05) is 5.32 Å². The van der Waals surface area contributed by atoms with Gasteiger partial charge in [-0.05, 0) is 66.9 Å². The Labute approximate surface area is 206 Å². The van der Waals surface area contributed by atoms with Gasteiger partial charge in [0.05, 0.1) is 16.6 Å². The number of rotatable bonds is 7. The van der Waals surface area contributed by atoms with Gasteiger partial charge in [-0.2, -0.15) is 5.10 Å². The van der Waals surface area contributed by atoms with E-state index in [1.165, 1.54) is 5.56 Å². The number of ether oxygens (including phenoxy) is 1. The standard InChI is InChI=1S/C24H20Cl3N3O3/c1-14-3-5-17(9-15(14)2)32-13-18-6-8-22(33-18)24(31)28-23-21(27)12-30(29-23)11-16-4-7-19(25)20(26)10-16/h3-10,12H,11,13H2,1-2H3,(H,28,29,31). The number of hydrogen-bond acceptors (Lipinski definition) is 4. The maximum absolute atomic E-state index is 12.6. The molecule has 0 radical (unpaired) electrons. The lowest BCUT2D eigenvalue weighted by Crippen LogP contribution is -2.12. The SMILES string of the molecule is Cc1ccc(OCc2ccc(C(=O)Nc3nn(Cc4ccc(Cl)c(Cl)c4)cc3Cl)o2)cc1C. The third kappa shape index (κ3) is 5.71. The molecule has 0 fully saturated rings. The number of halogens is 3. The third-order valence-corrected chi connectivity index (χ3v) is 6.04. The molecule has 2 aromatic heterocycles. The molecule has 0 saturated heterocycles. The van der Waals surface area contributed by atoms with Gasteiger partial charge < -0.3 is 14.5 Å². The van der Waals surface area contributed by atoms with Crippen LogP contribution in [0.4, 0.5) is 5.82 Å². The Morgan fingerprint density at radius 3 is 2.58 bits per heavy atom. The van der Waals surface area contributed by atoms with Crippen LogP contribution in [0, 0.1) is 13.8 Å². The second kappa shape index (κ2) is 9.91. The number of aryl methyl sites for hydroxylation is 2. The molecule has 0 spiro atoms. The molecule has 2 heterocycles. The zero-order valence-electron chi connectivity index (χ0n) is 17.9. The predicted octanol–water partition coefficient (Wildman–Crippen LogP) is 6.93. The topological polar surface area (TPSA) is 69.3 Å². The molecule has 0 aliphatic rings. The van der Waals surface area contributed by atoms with E-state index >= 15 is 0 Å². The van der Waals surface area contributed by atoms with Crippen molar-refractivity contribution in [2.45, 2.75) is 27.0 Å². The van der Waals surface area contributed by atoms with Crippen molar-refractivity contribution in [3.05, 3.63) is 98.0 Å². The number of benzene rings is 2. The lowest BCUT2D eigenvalue weighted by molar-refractivity contribution is 0.0992. The molecule has 0 bridgehead atoms. The molecule has 6 nitrogen and oxygen atoms in total. The van der Waals surface area contributed by atoms with Crippen molar-refractivity contribution >= 4 is 46.5 Å². The molecule has 0 aliphatic heterocycles. The van der Waals surface area contributed by atoms with Crippen LogP contribution in [-0.2, 0) is 13.2 Å². The van der Waals surface area contributed by atoms with Crippen molar-refractivity contribution in [3.63, 3.8) is 0 Å². The van der Waals surface area contributed by atoms with Crippen LogP contribution in [0.25, 0.3) is 0 Å². The molecule has 33 heavy (non-hydrogen) atoms. The Balaban J connectivity index is 1.37. The first kappa shape index (κ1) is 23.2. The van der Waals surface area contributed by atoms with Crippen molar-refractivity contribution < 1.29 is 13.9 Å². The molecular weight excluding hydrogens is 485 g/mol. The van der Waals surface area contributed by atoms with Gasteiger partial charge in [0.1, 0.15) is 23.1 Å². The molecule has 0 aliphatic carbocycles. The van der Waals surface area contributed by atoms with E-state index < -0.39 is 5.91 Å². The van der Waals surface area contributed by atoms with Crippen LogP contribution >= 0.6 is 34.8 Å². The van der Waals surface area contributed by atoms with Gasteiger partial charge in [0, 0.05) is 6.20 Å². The second-order valence-electron chi connectivity index (χ2n) is 7.53. The number of furan rings is 1. The smallest absolute Gasteiger partial charge is 0.292 e. The molecule has 0 unspecified atom stereocenters.